The zero-order valence-corrected chi connectivity index (χ0v) is 19.5. The number of hydrogen-bond acceptors (Lipinski definition) is 4. The highest BCUT2D eigenvalue weighted by Gasteiger charge is 2.18. The third-order valence-electron chi connectivity index (χ3n) is 5.32. The van der Waals surface area contributed by atoms with E-state index in [9.17, 15) is 13.2 Å². The lowest BCUT2D eigenvalue weighted by molar-refractivity contribution is 0.0935. The van der Waals surface area contributed by atoms with Gasteiger partial charge in [0.1, 0.15) is 5.75 Å². The first-order chi connectivity index (χ1) is 15.2. The van der Waals surface area contributed by atoms with Crippen LogP contribution in [0.4, 0.5) is 5.69 Å². The van der Waals surface area contributed by atoms with E-state index in [1.807, 2.05) is 32.0 Å². The van der Waals surface area contributed by atoms with Crippen LogP contribution < -0.4 is 14.8 Å². The summed E-state index contributed by atoms with van der Waals surface area (Å²) in [5.41, 5.74) is 3.56. The summed E-state index contributed by atoms with van der Waals surface area (Å²) in [5, 5.41) is 3.07. The summed E-state index contributed by atoms with van der Waals surface area (Å²) in [6.07, 6.45) is 0.728. The Labute approximate surface area is 189 Å². The molecule has 32 heavy (non-hydrogen) atoms. The van der Waals surface area contributed by atoms with Crippen LogP contribution in [-0.4, -0.2) is 21.4 Å². The van der Waals surface area contributed by atoms with Crippen LogP contribution in [0.15, 0.2) is 71.6 Å². The van der Waals surface area contributed by atoms with Gasteiger partial charge in [-0.25, -0.2) is 8.42 Å². The second kappa shape index (κ2) is 9.87. The maximum Gasteiger partial charge on any atom is 0.261 e. The summed E-state index contributed by atoms with van der Waals surface area (Å²) in [7, 11) is -2.07. The van der Waals surface area contributed by atoms with Gasteiger partial charge in [-0.15, -0.1) is 0 Å². The second-order valence-electron chi connectivity index (χ2n) is 7.61. The van der Waals surface area contributed by atoms with Gasteiger partial charge in [0, 0.05) is 5.56 Å². The highest BCUT2D eigenvalue weighted by molar-refractivity contribution is 7.92. The minimum atomic E-state index is -3.70. The molecule has 0 aliphatic heterocycles. The number of hydrogen-bond donors (Lipinski definition) is 2. The maximum atomic E-state index is 12.9. The smallest absolute Gasteiger partial charge is 0.261 e. The first kappa shape index (κ1) is 23.3. The molecule has 0 fully saturated rings. The third kappa shape index (κ3) is 5.29. The molecular formula is C25H28N2O4S. The van der Waals surface area contributed by atoms with Crippen molar-refractivity contribution in [2.75, 3.05) is 11.8 Å². The zero-order valence-electron chi connectivity index (χ0n) is 18.7. The summed E-state index contributed by atoms with van der Waals surface area (Å²) in [6.45, 7) is 5.75. The fourth-order valence-electron chi connectivity index (χ4n) is 3.50. The molecule has 1 atom stereocenters. The second-order valence-corrected chi connectivity index (χ2v) is 9.29. The number of carbonyl (C=O) groups is 1. The monoisotopic (exact) mass is 452 g/mol. The van der Waals surface area contributed by atoms with Gasteiger partial charge in [-0.05, 0) is 73.4 Å². The fraction of sp³-hybridized carbons (Fsp3) is 0.240. The van der Waals surface area contributed by atoms with Crippen LogP contribution >= 0.6 is 0 Å². The van der Waals surface area contributed by atoms with Crippen molar-refractivity contribution in [3.8, 4) is 5.75 Å². The van der Waals surface area contributed by atoms with E-state index in [4.69, 9.17) is 4.74 Å². The normalized spacial score (nSPS) is 12.1. The van der Waals surface area contributed by atoms with Gasteiger partial charge in [0.15, 0.2) is 0 Å². The molecule has 0 radical (unpaired) electrons. The summed E-state index contributed by atoms with van der Waals surface area (Å²) in [4.78, 5) is 13.1. The average molecular weight is 453 g/mol. The van der Waals surface area contributed by atoms with E-state index in [2.05, 4.69) is 10.0 Å². The lowest BCUT2D eigenvalue weighted by Gasteiger charge is -2.19. The lowest BCUT2D eigenvalue weighted by atomic mass is 10.0. The number of benzene rings is 3. The third-order valence-corrected chi connectivity index (χ3v) is 6.70. The standard InChI is InChI=1S/C25H28N2O4S/c1-5-22(19-12-14-24(31-4)18(3)16-19)26-25(28)20-11-13-23(17(2)15-20)27-32(29,30)21-9-7-6-8-10-21/h6-16,22,27H,5H2,1-4H3,(H,26,28)/t22-/m1/s1. The molecule has 7 heteroatoms. The van der Waals surface area contributed by atoms with Crippen molar-refractivity contribution in [3.05, 3.63) is 89.0 Å². The summed E-state index contributed by atoms with van der Waals surface area (Å²) < 4.78 is 33.1. The molecule has 168 valence electrons. The predicted octanol–water partition coefficient (Wildman–Crippen LogP) is 4.99. The van der Waals surface area contributed by atoms with Crippen molar-refractivity contribution in [2.45, 2.75) is 38.1 Å². The number of nitrogens with one attached hydrogen (secondary N) is 2. The zero-order chi connectivity index (χ0) is 23.3. The molecule has 0 saturated carbocycles. The summed E-state index contributed by atoms with van der Waals surface area (Å²) >= 11 is 0. The molecule has 0 saturated heterocycles. The Morgan fingerprint density at radius 2 is 1.69 bits per heavy atom. The van der Waals surface area contributed by atoms with Crippen LogP contribution in [0.5, 0.6) is 5.75 Å². The van der Waals surface area contributed by atoms with E-state index in [1.165, 1.54) is 12.1 Å². The number of rotatable bonds is 8. The number of sulfonamides is 1. The van der Waals surface area contributed by atoms with E-state index in [0.717, 1.165) is 23.3 Å². The number of aryl methyl sites for hydroxylation is 2. The van der Waals surface area contributed by atoms with Crippen LogP contribution in [-0.2, 0) is 10.0 Å². The van der Waals surface area contributed by atoms with Gasteiger partial charge in [0.05, 0.1) is 23.7 Å². The molecule has 6 nitrogen and oxygen atoms in total. The number of carbonyl (C=O) groups excluding carboxylic acids is 1. The highest BCUT2D eigenvalue weighted by atomic mass is 32.2. The van der Waals surface area contributed by atoms with E-state index in [1.54, 1.807) is 50.4 Å². The molecule has 0 aromatic heterocycles. The van der Waals surface area contributed by atoms with Crippen LogP contribution in [0, 0.1) is 13.8 Å². The summed E-state index contributed by atoms with van der Waals surface area (Å²) in [6, 6.07) is 18.8. The van der Waals surface area contributed by atoms with Gasteiger partial charge in [0.2, 0.25) is 0 Å². The van der Waals surface area contributed by atoms with Gasteiger partial charge in [-0.2, -0.15) is 0 Å². The lowest BCUT2D eigenvalue weighted by Crippen LogP contribution is -2.28. The van der Waals surface area contributed by atoms with Crippen molar-refractivity contribution in [1.82, 2.24) is 5.32 Å². The highest BCUT2D eigenvalue weighted by Crippen LogP contribution is 2.25. The Morgan fingerprint density at radius 1 is 0.969 bits per heavy atom. The van der Waals surface area contributed by atoms with Crippen LogP contribution in [0.25, 0.3) is 0 Å². The Hall–Kier alpha value is -3.32. The Morgan fingerprint density at radius 3 is 2.28 bits per heavy atom. The van der Waals surface area contributed by atoms with Crippen LogP contribution in [0.2, 0.25) is 0 Å². The number of amides is 1. The van der Waals surface area contributed by atoms with Gasteiger partial charge < -0.3 is 10.1 Å². The molecular weight excluding hydrogens is 424 g/mol. The molecule has 3 aromatic rings. The van der Waals surface area contributed by atoms with E-state index < -0.39 is 10.0 Å². The molecule has 0 heterocycles. The van der Waals surface area contributed by atoms with Crippen molar-refractivity contribution in [3.63, 3.8) is 0 Å². The Kier molecular flexibility index (Phi) is 7.20. The first-order valence-corrected chi connectivity index (χ1v) is 11.9. The largest absolute Gasteiger partial charge is 0.496 e. The quantitative estimate of drug-likeness (QED) is 0.504. The van der Waals surface area contributed by atoms with E-state index >= 15 is 0 Å². The number of methoxy groups -OCH3 is 1. The fourth-order valence-corrected chi connectivity index (χ4v) is 4.66. The van der Waals surface area contributed by atoms with E-state index in [0.29, 0.717) is 16.8 Å². The maximum absolute atomic E-state index is 12.9. The van der Waals surface area contributed by atoms with Gasteiger partial charge in [-0.1, -0.05) is 37.3 Å². The first-order valence-electron chi connectivity index (χ1n) is 10.4. The molecule has 0 unspecified atom stereocenters. The van der Waals surface area contributed by atoms with Gasteiger partial charge in [0.25, 0.3) is 15.9 Å². The summed E-state index contributed by atoms with van der Waals surface area (Å²) in [5.74, 6) is 0.588. The topological polar surface area (TPSA) is 84.5 Å². The average Bonchev–Trinajstić information content (AvgIpc) is 2.79. The molecule has 3 rings (SSSR count). The van der Waals surface area contributed by atoms with Crippen LogP contribution in [0.1, 0.15) is 46.4 Å². The van der Waals surface area contributed by atoms with E-state index in [-0.39, 0.29) is 16.8 Å². The molecule has 1 amide bonds. The Balaban J connectivity index is 1.76. The van der Waals surface area contributed by atoms with Crippen molar-refractivity contribution in [2.24, 2.45) is 0 Å². The minimum absolute atomic E-state index is 0.149. The molecule has 2 N–H and O–H groups in total. The minimum Gasteiger partial charge on any atom is -0.496 e. The molecule has 0 aliphatic carbocycles. The Bertz CT molecular complexity index is 1210. The predicted molar refractivity (Wildman–Crippen MR) is 127 cm³/mol. The van der Waals surface area contributed by atoms with Crippen molar-refractivity contribution >= 4 is 21.6 Å². The number of anilines is 1. The van der Waals surface area contributed by atoms with Gasteiger partial charge in [-0.3, -0.25) is 9.52 Å². The molecule has 0 spiro atoms. The van der Waals surface area contributed by atoms with Crippen molar-refractivity contribution < 1.29 is 17.9 Å². The van der Waals surface area contributed by atoms with Crippen molar-refractivity contribution in [1.29, 1.82) is 0 Å². The molecule has 3 aromatic carbocycles. The molecule has 0 aliphatic rings. The molecule has 0 bridgehead atoms. The number of ether oxygens (including phenoxy) is 1. The van der Waals surface area contributed by atoms with Gasteiger partial charge >= 0.3 is 0 Å². The SMILES string of the molecule is CC[C@@H](NC(=O)c1ccc(NS(=O)(=O)c2ccccc2)c(C)c1)c1ccc(OC)c(C)c1. The van der Waals surface area contributed by atoms with Crippen LogP contribution in [0.3, 0.4) is 0 Å².